The van der Waals surface area contributed by atoms with Gasteiger partial charge < -0.3 is 0 Å². The molecule has 1 aromatic heterocycles. The molecule has 1 N–H and O–H groups in total. The van der Waals surface area contributed by atoms with Gasteiger partial charge in [0.1, 0.15) is 0 Å². The van der Waals surface area contributed by atoms with E-state index < -0.39 is 6.10 Å². The summed E-state index contributed by atoms with van der Waals surface area (Å²) in [7, 11) is 0. The fraction of sp³-hybridized carbons (Fsp3) is 0.200. The van der Waals surface area contributed by atoms with Crippen LogP contribution in [-0.2, 0) is 4.74 Å². The average molecular weight is 412 g/mol. The number of hydrogen-bond donors (Lipinski definition) is 1. The number of aliphatic hydroxyl groups is 1. The Morgan fingerprint density at radius 1 is 1.00 bits per heavy atom. The molecule has 2 aromatic carbocycles. The summed E-state index contributed by atoms with van der Waals surface area (Å²) < 4.78 is 9.16. The molecule has 6 heteroatoms. The van der Waals surface area contributed by atoms with Crippen molar-refractivity contribution in [2.45, 2.75) is 23.6 Å². The van der Waals surface area contributed by atoms with Gasteiger partial charge in [0, 0.05) is 0 Å². The molecule has 5 nitrogen and oxygen atoms in total. The molecule has 0 amide bonds. The van der Waals surface area contributed by atoms with Gasteiger partial charge in [0.2, 0.25) is 0 Å². The van der Waals surface area contributed by atoms with E-state index in [1.807, 2.05) is 60.8 Å². The minimum absolute atomic E-state index is 0.230. The molecule has 0 unspecified atom stereocenters. The summed E-state index contributed by atoms with van der Waals surface area (Å²) in [5.41, 5.74) is 1.70. The average Bonchev–Trinajstić information content (AvgIpc) is 3.19. The predicted molar refractivity (Wildman–Crippen MR) is 101 cm³/mol. The van der Waals surface area contributed by atoms with Gasteiger partial charge in [-0.3, -0.25) is 0 Å². The molecule has 26 heavy (non-hydrogen) atoms. The normalized spacial score (nSPS) is 22.4. The Morgan fingerprint density at radius 2 is 1.73 bits per heavy atom. The zero-order valence-electron chi connectivity index (χ0n) is 14.1. The van der Waals surface area contributed by atoms with Crippen molar-refractivity contribution in [2.75, 3.05) is 0 Å². The standard InChI is InChI=1S/C20H19N3O2Se/c24-18-11-12-19(25-20(18)14-26-16-9-5-2-6-10-16)17-13-23(22-21-17)15-7-3-1-4-8-15/h1-13,18-20,24H,14H2/t18-,19-,20+/m0/s1. The van der Waals surface area contributed by atoms with Gasteiger partial charge in [0.25, 0.3) is 0 Å². The number of ether oxygens (including phenoxy) is 1. The van der Waals surface area contributed by atoms with Crippen LogP contribution in [0.15, 0.2) is 79.0 Å². The molecule has 1 aliphatic heterocycles. The van der Waals surface area contributed by atoms with E-state index in [0.717, 1.165) is 16.7 Å². The number of nitrogens with zero attached hydrogens (tertiary/aromatic N) is 3. The van der Waals surface area contributed by atoms with Crippen LogP contribution >= 0.6 is 0 Å². The van der Waals surface area contributed by atoms with Gasteiger partial charge in [-0.2, -0.15) is 0 Å². The van der Waals surface area contributed by atoms with Crippen LogP contribution in [0.25, 0.3) is 5.69 Å². The minimum atomic E-state index is -0.582. The Balaban J connectivity index is 1.45. The summed E-state index contributed by atoms with van der Waals surface area (Å²) >= 11 is 0.254. The molecule has 0 saturated heterocycles. The second-order valence-corrected chi connectivity index (χ2v) is 8.31. The molecule has 0 aliphatic carbocycles. The van der Waals surface area contributed by atoms with E-state index in [2.05, 4.69) is 22.4 Å². The maximum atomic E-state index is 10.3. The Hall–Kier alpha value is -2.24. The van der Waals surface area contributed by atoms with Crippen LogP contribution < -0.4 is 4.46 Å². The van der Waals surface area contributed by atoms with Crippen molar-refractivity contribution < 1.29 is 9.84 Å². The number of hydrogen-bond acceptors (Lipinski definition) is 4. The molecule has 0 saturated carbocycles. The van der Waals surface area contributed by atoms with E-state index >= 15 is 0 Å². The molecule has 3 atom stereocenters. The molecular formula is C20H19N3O2Se. The van der Waals surface area contributed by atoms with E-state index in [1.165, 1.54) is 4.46 Å². The van der Waals surface area contributed by atoms with Crippen molar-refractivity contribution in [3.63, 3.8) is 0 Å². The van der Waals surface area contributed by atoms with Crippen LogP contribution in [0.1, 0.15) is 11.8 Å². The third kappa shape index (κ3) is 3.94. The molecule has 0 fully saturated rings. The van der Waals surface area contributed by atoms with Crippen LogP contribution in [0.3, 0.4) is 0 Å². The second-order valence-electron chi connectivity index (χ2n) is 6.02. The molecule has 1 aliphatic rings. The first-order chi connectivity index (χ1) is 12.8. The van der Waals surface area contributed by atoms with Gasteiger partial charge in [-0.25, -0.2) is 0 Å². The summed E-state index contributed by atoms with van der Waals surface area (Å²) in [4.78, 5) is 0. The van der Waals surface area contributed by atoms with E-state index in [1.54, 1.807) is 10.8 Å². The van der Waals surface area contributed by atoms with Crippen molar-refractivity contribution >= 4 is 19.4 Å². The molecule has 0 bridgehead atoms. The van der Waals surface area contributed by atoms with Crippen LogP contribution in [-0.4, -0.2) is 47.3 Å². The third-order valence-electron chi connectivity index (χ3n) is 4.17. The summed E-state index contributed by atoms with van der Waals surface area (Å²) in [6, 6.07) is 20.2. The first kappa shape index (κ1) is 17.2. The predicted octanol–water partition coefficient (Wildman–Crippen LogP) is 2.07. The van der Waals surface area contributed by atoms with Gasteiger partial charge in [-0.1, -0.05) is 0 Å². The number of benzene rings is 2. The first-order valence-electron chi connectivity index (χ1n) is 8.47. The molecule has 4 rings (SSSR count). The van der Waals surface area contributed by atoms with Crippen LogP contribution in [0, 0.1) is 0 Å². The molecule has 2 heterocycles. The SMILES string of the molecule is O[C@H]1C=C[C@@H](c2cn(-c3ccccc3)nn2)O[C@@H]1C[Se]c1ccccc1. The van der Waals surface area contributed by atoms with E-state index in [4.69, 9.17) is 4.74 Å². The Morgan fingerprint density at radius 3 is 2.50 bits per heavy atom. The van der Waals surface area contributed by atoms with Crippen molar-refractivity contribution in [1.82, 2.24) is 15.0 Å². The maximum absolute atomic E-state index is 10.3. The second kappa shape index (κ2) is 7.97. The third-order valence-corrected chi connectivity index (χ3v) is 6.48. The van der Waals surface area contributed by atoms with Gasteiger partial charge in [0.05, 0.1) is 0 Å². The van der Waals surface area contributed by atoms with Crippen molar-refractivity contribution in [3.05, 3.63) is 84.7 Å². The van der Waals surface area contributed by atoms with Gasteiger partial charge in [-0.05, 0) is 0 Å². The van der Waals surface area contributed by atoms with Gasteiger partial charge in [-0.15, -0.1) is 0 Å². The topological polar surface area (TPSA) is 60.2 Å². The fourth-order valence-corrected chi connectivity index (χ4v) is 4.83. The molecule has 0 spiro atoms. The first-order valence-corrected chi connectivity index (χ1v) is 10.5. The van der Waals surface area contributed by atoms with Crippen molar-refractivity contribution in [3.8, 4) is 5.69 Å². The monoisotopic (exact) mass is 413 g/mol. The molecule has 132 valence electrons. The summed E-state index contributed by atoms with van der Waals surface area (Å²) in [6.07, 6.45) is 4.44. The van der Waals surface area contributed by atoms with E-state index in [9.17, 15) is 5.11 Å². The number of aromatic nitrogens is 3. The zero-order valence-corrected chi connectivity index (χ0v) is 15.8. The zero-order chi connectivity index (χ0) is 17.8. The Kier molecular flexibility index (Phi) is 5.27. The summed E-state index contributed by atoms with van der Waals surface area (Å²) in [6.45, 7) is 0. The van der Waals surface area contributed by atoms with E-state index in [-0.39, 0.29) is 27.2 Å². The van der Waals surface area contributed by atoms with Crippen LogP contribution in [0.5, 0.6) is 0 Å². The summed E-state index contributed by atoms with van der Waals surface area (Å²) in [5.74, 6) is 0. The van der Waals surface area contributed by atoms with E-state index in [0.29, 0.717) is 0 Å². The number of para-hydroxylation sites is 1. The van der Waals surface area contributed by atoms with Gasteiger partial charge in [0.15, 0.2) is 0 Å². The number of aliphatic hydroxyl groups excluding tert-OH is 1. The molecular weight excluding hydrogens is 393 g/mol. The van der Waals surface area contributed by atoms with Gasteiger partial charge >= 0.3 is 158 Å². The molecule has 0 radical (unpaired) electrons. The quantitative estimate of drug-likeness (QED) is 0.515. The fourth-order valence-electron chi connectivity index (χ4n) is 2.77. The van der Waals surface area contributed by atoms with Crippen LogP contribution in [0.2, 0.25) is 5.32 Å². The van der Waals surface area contributed by atoms with Crippen molar-refractivity contribution in [1.29, 1.82) is 0 Å². The Bertz CT molecular complexity index is 867. The number of rotatable bonds is 5. The van der Waals surface area contributed by atoms with Crippen LogP contribution in [0.4, 0.5) is 0 Å². The molecule has 3 aromatic rings. The summed E-state index contributed by atoms with van der Waals surface area (Å²) in [5, 5.41) is 19.5. The van der Waals surface area contributed by atoms with Crippen molar-refractivity contribution in [2.24, 2.45) is 0 Å². The Labute approximate surface area is 158 Å².